The number of anilines is 1. The predicted molar refractivity (Wildman–Crippen MR) is 119 cm³/mol. The topological polar surface area (TPSA) is 85.9 Å². The van der Waals surface area contributed by atoms with Gasteiger partial charge in [0.25, 0.3) is 5.91 Å². The third-order valence-corrected chi connectivity index (χ3v) is 5.63. The Morgan fingerprint density at radius 2 is 1.93 bits per heavy atom. The average molecular weight is 432 g/mol. The Morgan fingerprint density at radius 3 is 2.63 bits per heavy atom. The van der Waals surface area contributed by atoms with E-state index in [4.69, 9.17) is 15.2 Å². The van der Waals surface area contributed by atoms with Gasteiger partial charge in [-0.05, 0) is 63.1 Å². The SMILES string of the molecule is CCOc1ccc(C(=O)Nc2cc(C3(C)CCSC(N)=N3)ccc2F)cc1OCC. The van der Waals surface area contributed by atoms with Crippen LogP contribution in [0.4, 0.5) is 10.1 Å². The summed E-state index contributed by atoms with van der Waals surface area (Å²) in [6.07, 6.45) is 0.772. The Hall–Kier alpha value is -2.74. The minimum absolute atomic E-state index is 0.0950. The maximum Gasteiger partial charge on any atom is 0.255 e. The molecule has 1 atom stereocenters. The van der Waals surface area contributed by atoms with Crippen LogP contribution < -0.4 is 20.5 Å². The number of hydrogen-bond acceptors (Lipinski definition) is 6. The number of benzene rings is 2. The van der Waals surface area contributed by atoms with Crippen molar-refractivity contribution < 1.29 is 18.7 Å². The van der Waals surface area contributed by atoms with Gasteiger partial charge in [0.1, 0.15) is 5.82 Å². The lowest BCUT2D eigenvalue weighted by atomic mass is 9.89. The van der Waals surface area contributed by atoms with Crippen molar-refractivity contribution in [1.29, 1.82) is 0 Å². The maximum absolute atomic E-state index is 14.5. The van der Waals surface area contributed by atoms with E-state index in [1.165, 1.54) is 17.8 Å². The Balaban J connectivity index is 1.86. The lowest BCUT2D eigenvalue weighted by Crippen LogP contribution is -2.29. The van der Waals surface area contributed by atoms with Crippen LogP contribution >= 0.6 is 11.8 Å². The molecule has 3 rings (SSSR count). The highest BCUT2D eigenvalue weighted by Crippen LogP contribution is 2.36. The summed E-state index contributed by atoms with van der Waals surface area (Å²) in [4.78, 5) is 17.3. The molecule has 1 amide bonds. The van der Waals surface area contributed by atoms with E-state index in [9.17, 15) is 9.18 Å². The minimum atomic E-state index is -0.552. The molecule has 0 bridgehead atoms. The van der Waals surface area contributed by atoms with Crippen molar-refractivity contribution in [2.24, 2.45) is 10.7 Å². The maximum atomic E-state index is 14.5. The zero-order valence-electron chi connectivity index (χ0n) is 17.3. The van der Waals surface area contributed by atoms with Gasteiger partial charge >= 0.3 is 0 Å². The van der Waals surface area contributed by atoms with Crippen LogP contribution in [0.5, 0.6) is 11.5 Å². The second-order valence-electron chi connectivity index (χ2n) is 7.00. The van der Waals surface area contributed by atoms with Crippen LogP contribution in [-0.4, -0.2) is 30.0 Å². The average Bonchev–Trinajstić information content (AvgIpc) is 2.71. The molecule has 0 radical (unpaired) electrons. The van der Waals surface area contributed by atoms with Gasteiger partial charge in [-0.15, -0.1) is 0 Å². The Labute approximate surface area is 180 Å². The van der Waals surface area contributed by atoms with Crippen LogP contribution in [0.25, 0.3) is 0 Å². The van der Waals surface area contributed by atoms with Crippen LogP contribution in [0.15, 0.2) is 41.4 Å². The molecule has 0 spiro atoms. The Morgan fingerprint density at radius 1 is 1.20 bits per heavy atom. The molecule has 2 aromatic carbocycles. The summed E-state index contributed by atoms with van der Waals surface area (Å²) in [6, 6.07) is 9.53. The summed E-state index contributed by atoms with van der Waals surface area (Å²) in [7, 11) is 0. The van der Waals surface area contributed by atoms with Crippen LogP contribution in [0.2, 0.25) is 0 Å². The molecule has 3 N–H and O–H groups in total. The first-order valence-electron chi connectivity index (χ1n) is 9.85. The number of nitrogens with zero attached hydrogens (tertiary/aromatic N) is 1. The van der Waals surface area contributed by atoms with Crippen LogP contribution in [0.3, 0.4) is 0 Å². The lowest BCUT2D eigenvalue weighted by Gasteiger charge is -2.30. The molecule has 1 unspecified atom stereocenters. The van der Waals surface area contributed by atoms with Gasteiger partial charge in [-0.25, -0.2) is 4.39 Å². The van der Waals surface area contributed by atoms with E-state index in [1.807, 2.05) is 20.8 Å². The van der Waals surface area contributed by atoms with Crippen molar-refractivity contribution in [3.8, 4) is 11.5 Å². The third kappa shape index (κ3) is 4.87. The van der Waals surface area contributed by atoms with Crippen LogP contribution in [-0.2, 0) is 5.54 Å². The van der Waals surface area contributed by atoms with E-state index in [1.54, 1.807) is 30.3 Å². The zero-order chi connectivity index (χ0) is 21.7. The number of carbonyl (C=O) groups is 1. The van der Waals surface area contributed by atoms with Crippen molar-refractivity contribution >= 4 is 28.5 Å². The number of amidine groups is 1. The van der Waals surface area contributed by atoms with Crippen LogP contribution in [0, 0.1) is 5.82 Å². The van der Waals surface area contributed by atoms with Gasteiger partial charge in [0.05, 0.1) is 24.4 Å². The molecular formula is C22H26FN3O3S. The molecule has 6 nitrogen and oxygen atoms in total. The highest BCUT2D eigenvalue weighted by atomic mass is 32.2. The number of nitrogens with one attached hydrogen (secondary N) is 1. The monoisotopic (exact) mass is 431 g/mol. The Kier molecular flexibility index (Phi) is 6.87. The first kappa shape index (κ1) is 22.0. The summed E-state index contributed by atoms with van der Waals surface area (Å²) in [5.74, 6) is 0.897. The number of halogens is 1. The lowest BCUT2D eigenvalue weighted by molar-refractivity contribution is 0.102. The van der Waals surface area contributed by atoms with Gasteiger partial charge in [0.2, 0.25) is 0 Å². The molecule has 30 heavy (non-hydrogen) atoms. The molecule has 0 aliphatic carbocycles. The van der Waals surface area contributed by atoms with E-state index < -0.39 is 17.3 Å². The molecule has 2 aromatic rings. The quantitative estimate of drug-likeness (QED) is 0.672. The summed E-state index contributed by atoms with van der Waals surface area (Å²) in [5, 5.41) is 3.17. The molecule has 1 heterocycles. The zero-order valence-corrected chi connectivity index (χ0v) is 18.1. The van der Waals surface area contributed by atoms with Crippen molar-refractivity contribution in [1.82, 2.24) is 0 Å². The number of amides is 1. The van der Waals surface area contributed by atoms with Gasteiger partial charge < -0.3 is 20.5 Å². The molecule has 160 valence electrons. The number of carbonyl (C=O) groups excluding carboxylic acids is 1. The number of thioether (sulfide) groups is 1. The predicted octanol–water partition coefficient (Wildman–Crippen LogP) is 4.54. The van der Waals surface area contributed by atoms with E-state index in [0.29, 0.717) is 35.4 Å². The van der Waals surface area contributed by atoms with E-state index in [2.05, 4.69) is 10.3 Å². The first-order chi connectivity index (χ1) is 14.4. The summed E-state index contributed by atoms with van der Waals surface area (Å²) in [5.41, 5.74) is 6.57. The van der Waals surface area contributed by atoms with Crippen LogP contribution in [0.1, 0.15) is 43.1 Å². The highest BCUT2D eigenvalue weighted by Gasteiger charge is 2.30. The van der Waals surface area contributed by atoms with E-state index in [0.717, 1.165) is 17.7 Å². The van der Waals surface area contributed by atoms with Gasteiger partial charge in [0.15, 0.2) is 16.7 Å². The van der Waals surface area contributed by atoms with Crippen molar-refractivity contribution in [2.45, 2.75) is 32.7 Å². The van der Waals surface area contributed by atoms with Crippen molar-refractivity contribution in [3.05, 3.63) is 53.3 Å². The molecule has 0 saturated carbocycles. The van der Waals surface area contributed by atoms with Gasteiger partial charge in [0, 0.05) is 11.3 Å². The number of ether oxygens (including phenoxy) is 2. The van der Waals surface area contributed by atoms with Crippen molar-refractivity contribution in [3.63, 3.8) is 0 Å². The number of hydrogen-bond donors (Lipinski definition) is 2. The molecule has 0 fully saturated rings. The number of rotatable bonds is 7. The highest BCUT2D eigenvalue weighted by molar-refractivity contribution is 8.13. The molecular weight excluding hydrogens is 405 g/mol. The smallest absolute Gasteiger partial charge is 0.255 e. The second kappa shape index (κ2) is 9.38. The van der Waals surface area contributed by atoms with E-state index in [-0.39, 0.29) is 5.69 Å². The molecule has 1 aliphatic heterocycles. The van der Waals surface area contributed by atoms with E-state index >= 15 is 0 Å². The number of nitrogens with two attached hydrogens (primary N) is 1. The Bertz CT molecular complexity index is 967. The number of aliphatic imine (C=N–C) groups is 1. The van der Waals surface area contributed by atoms with Crippen molar-refractivity contribution in [2.75, 3.05) is 24.3 Å². The van der Waals surface area contributed by atoms with Gasteiger partial charge in [-0.2, -0.15) is 0 Å². The van der Waals surface area contributed by atoms with Gasteiger partial charge in [-0.3, -0.25) is 9.79 Å². The molecule has 8 heteroatoms. The second-order valence-corrected chi connectivity index (χ2v) is 8.11. The minimum Gasteiger partial charge on any atom is -0.490 e. The molecule has 0 aromatic heterocycles. The normalized spacial score (nSPS) is 18.5. The summed E-state index contributed by atoms with van der Waals surface area (Å²) in [6.45, 7) is 6.59. The summed E-state index contributed by atoms with van der Waals surface area (Å²) < 4.78 is 25.5. The fraction of sp³-hybridized carbons (Fsp3) is 0.364. The molecule has 1 aliphatic rings. The largest absolute Gasteiger partial charge is 0.490 e. The first-order valence-corrected chi connectivity index (χ1v) is 10.8. The third-order valence-electron chi connectivity index (χ3n) is 4.84. The van der Waals surface area contributed by atoms with Gasteiger partial charge in [-0.1, -0.05) is 17.8 Å². The standard InChI is InChI=1S/C22H26FN3O3S/c1-4-28-18-9-6-14(12-19(18)29-5-2)20(27)25-17-13-15(7-8-16(17)23)22(3)10-11-30-21(24)26-22/h6-9,12-13H,4-5,10-11H2,1-3H3,(H2,24,26)(H,25,27). The fourth-order valence-corrected chi connectivity index (χ4v) is 4.21. The fourth-order valence-electron chi connectivity index (χ4n) is 3.24. The molecule has 0 saturated heterocycles. The summed E-state index contributed by atoms with van der Waals surface area (Å²) >= 11 is 1.50.